The Morgan fingerprint density at radius 1 is 0.840 bits per heavy atom. The van der Waals surface area contributed by atoms with Crippen LogP contribution in [0.5, 0.6) is 5.75 Å². The van der Waals surface area contributed by atoms with E-state index >= 15 is 0 Å². The molecule has 1 aromatic carbocycles. The van der Waals surface area contributed by atoms with Crippen molar-refractivity contribution >= 4 is 23.9 Å². The molecule has 4 amide bonds. The van der Waals surface area contributed by atoms with Crippen LogP contribution in [0.1, 0.15) is 58.2 Å². The summed E-state index contributed by atoms with van der Waals surface area (Å²) in [4.78, 5) is 35.1. The van der Waals surface area contributed by atoms with Gasteiger partial charge in [0.15, 0.2) is 0 Å². The Bertz CT molecular complexity index is 736. The lowest BCUT2D eigenvalue weighted by Crippen LogP contribution is -2.51. The van der Waals surface area contributed by atoms with E-state index in [9.17, 15) is 19.5 Å². The van der Waals surface area contributed by atoms with Gasteiger partial charge in [-0.3, -0.25) is 20.2 Å². The number of nitrogens with one attached hydrogen (secondary N) is 2. The summed E-state index contributed by atoms with van der Waals surface area (Å²) in [6.07, 6.45) is 1.43. The molecule has 134 valence electrons. The average molecular weight is 344 g/mol. The quantitative estimate of drug-likeness (QED) is 0.539. The fraction of sp³-hybridized carbons (Fsp3) is 0.421. The molecule has 6 nitrogen and oxygen atoms in total. The molecule has 0 aliphatic carbocycles. The number of benzene rings is 1. The summed E-state index contributed by atoms with van der Waals surface area (Å²) in [6, 6.07) is 2.69. The van der Waals surface area contributed by atoms with Gasteiger partial charge in [-0.15, -0.1) is 0 Å². The van der Waals surface area contributed by atoms with E-state index in [1.807, 2.05) is 41.5 Å². The van der Waals surface area contributed by atoms with Crippen molar-refractivity contribution < 1.29 is 19.5 Å². The molecule has 0 unspecified atom stereocenters. The number of phenols is 1. The Hall–Kier alpha value is -2.63. The van der Waals surface area contributed by atoms with E-state index in [2.05, 4.69) is 10.6 Å². The van der Waals surface area contributed by atoms with Crippen LogP contribution in [0, 0.1) is 0 Å². The van der Waals surface area contributed by atoms with Crippen LogP contribution in [0.25, 0.3) is 6.08 Å². The monoisotopic (exact) mass is 344 g/mol. The SMILES string of the molecule is CC(C)(C)c1cc(C=C2C(=O)NC(=O)NC2=O)cc(C(C)(C)C)c1O. The molecular formula is C19H24N2O4. The average Bonchev–Trinajstić information content (AvgIpc) is 2.41. The number of hydrogen-bond donors (Lipinski definition) is 3. The van der Waals surface area contributed by atoms with Crippen molar-refractivity contribution in [3.8, 4) is 5.75 Å². The fourth-order valence-electron chi connectivity index (χ4n) is 2.66. The van der Waals surface area contributed by atoms with Crippen LogP contribution in [0.15, 0.2) is 17.7 Å². The van der Waals surface area contributed by atoms with Gasteiger partial charge in [-0.25, -0.2) is 4.79 Å². The van der Waals surface area contributed by atoms with Gasteiger partial charge in [0.05, 0.1) is 0 Å². The summed E-state index contributed by atoms with van der Waals surface area (Å²) < 4.78 is 0. The highest BCUT2D eigenvalue weighted by molar-refractivity contribution is 6.31. The normalized spacial score (nSPS) is 15.8. The van der Waals surface area contributed by atoms with Gasteiger partial charge in [0.2, 0.25) is 0 Å². The summed E-state index contributed by atoms with van der Waals surface area (Å²) in [6.45, 7) is 11.9. The highest BCUT2D eigenvalue weighted by atomic mass is 16.3. The second kappa shape index (κ2) is 6.02. The zero-order valence-corrected chi connectivity index (χ0v) is 15.4. The number of barbiturate groups is 1. The number of imide groups is 2. The molecule has 1 aliphatic heterocycles. The maximum atomic E-state index is 11.9. The Labute approximate surface area is 147 Å². The van der Waals surface area contributed by atoms with Crippen molar-refractivity contribution in [2.24, 2.45) is 0 Å². The number of amides is 4. The molecule has 0 aromatic heterocycles. The highest BCUT2D eigenvalue weighted by Gasteiger charge is 2.29. The van der Waals surface area contributed by atoms with E-state index < -0.39 is 17.8 Å². The lowest BCUT2D eigenvalue weighted by atomic mass is 9.78. The van der Waals surface area contributed by atoms with Crippen molar-refractivity contribution in [1.82, 2.24) is 10.6 Å². The van der Waals surface area contributed by atoms with Crippen LogP contribution >= 0.6 is 0 Å². The molecule has 1 fully saturated rings. The molecule has 1 saturated heterocycles. The minimum Gasteiger partial charge on any atom is -0.507 e. The molecule has 25 heavy (non-hydrogen) atoms. The molecule has 0 spiro atoms. The molecule has 0 saturated carbocycles. The molecule has 0 radical (unpaired) electrons. The number of aromatic hydroxyl groups is 1. The first kappa shape index (κ1) is 18.7. The van der Waals surface area contributed by atoms with Crippen LogP contribution < -0.4 is 10.6 Å². The Balaban J connectivity index is 2.66. The lowest BCUT2D eigenvalue weighted by Gasteiger charge is -2.28. The summed E-state index contributed by atoms with van der Waals surface area (Å²) in [5, 5.41) is 14.8. The number of hydrogen-bond acceptors (Lipinski definition) is 4. The van der Waals surface area contributed by atoms with Crippen molar-refractivity contribution in [3.63, 3.8) is 0 Å². The summed E-state index contributed by atoms with van der Waals surface area (Å²) in [5.41, 5.74) is 1.25. The number of urea groups is 1. The molecule has 3 N–H and O–H groups in total. The first-order valence-electron chi connectivity index (χ1n) is 8.07. The molecule has 1 aliphatic rings. The standard InChI is InChI=1S/C19H24N2O4/c1-18(2,3)12-8-10(9-13(14(12)22)19(4,5)6)7-11-15(23)20-17(25)21-16(11)24/h7-9,22H,1-6H3,(H2,20,21,23,24,25). The molecule has 2 rings (SSSR count). The van der Waals surface area contributed by atoms with Crippen LogP contribution in [-0.4, -0.2) is 23.0 Å². The lowest BCUT2D eigenvalue weighted by molar-refractivity contribution is -0.123. The Kier molecular flexibility index (Phi) is 4.51. The minimum absolute atomic E-state index is 0.148. The molecular weight excluding hydrogens is 320 g/mol. The number of carbonyl (C=O) groups excluding carboxylic acids is 3. The smallest absolute Gasteiger partial charge is 0.328 e. The zero-order valence-electron chi connectivity index (χ0n) is 15.4. The van der Waals surface area contributed by atoms with Crippen LogP contribution in [0.2, 0.25) is 0 Å². The second-order valence-corrected chi connectivity index (χ2v) is 8.26. The van der Waals surface area contributed by atoms with Crippen LogP contribution in [-0.2, 0) is 20.4 Å². The van der Waals surface area contributed by atoms with Gasteiger partial charge in [0.1, 0.15) is 11.3 Å². The molecule has 0 bridgehead atoms. The fourth-order valence-corrected chi connectivity index (χ4v) is 2.66. The van der Waals surface area contributed by atoms with Crippen molar-refractivity contribution in [2.75, 3.05) is 0 Å². The largest absolute Gasteiger partial charge is 0.507 e. The first-order valence-corrected chi connectivity index (χ1v) is 8.07. The number of rotatable bonds is 1. The third-order valence-corrected chi connectivity index (χ3v) is 4.00. The zero-order chi connectivity index (χ0) is 19.2. The van der Waals surface area contributed by atoms with Gasteiger partial charge in [-0.05, 0) is 34.6 Å². The third kappa shape index (κ3) is 3.90. The van der Waals surface area contributed by atoms with E-state index in [1.165, 1.54) is 6.08 Å². The predicted octanol–water partition coefficient (Wildman–Crippen LogP) is 2.74. The van der Waals surface area contributed by atoms with E-state index in [0.717, 1.165) is 11.1 Å². The minimum atomic E-state index is -0.830. The first-order chi connectivity index (χ1) is 11.3. The third-order valence-electron chi connectivity index (χ3n) is 4.00. The molecule has 1 heterocycles. The highest BCUT2D eigenvalue weighted by Crippen LogP contribution is 2.40. The summed E-state index contributed by atoms with van der Waals surface area (Å²) >= 11 is 0. The second-order valence-electron chi connectivity index (χ2n) is 8.26. The van der Waals surface area contributed by atoms with Crippen LogP contribution in [0.3, 0.4) is 0 Å². The van der Waals surface area contributed by atoms with Gasteiger partial charge in [-0.2, -0.15) is 0 Å². The van der Waals surface area contributed by atoms with Gasteiger partial charge < -0.3 is 5.11 Å². The van der Waals surface area contributed by atoms with Crippen molar-refractivity contribution in [1.29, 1.82) is 0 Å². The van der Waals surface area contributed by atoms with E-state index in [4.69, 9.17) is 0 Å². The van der Waals surface area contributed by atoms with Crippen molar-refractivity contribution in [2.45, 2.75) is 52.4 Å². The van der Waals surface area contributed by atoms with E-state index in [-0.39, 0.29) is 22.2 Å². The van der Waals surface area contributed by atoms with Crippen molar-refractivity contribution in [3.05, 3.63) is 34.4 Å². The summed E-state index contributed by atoms with van der Waals surface area (Å²) in [5.74, 6) is -1.26. The van der Waals surface area contributed by atoms with Gasteiger partial charge in [0, 0.05) is 11.1 Å². The topological polar surface area (TPSA) is 95.5 Å². The maximum absolute atomic E-state index is 11.9. The Morgan fingerprint density at radius 2 is 1.24 bits per heavy atom. The van der Waals surface area contributed by atoms with Gasteiger partial charge in [0.25, 0.3) is 11.8 Å². The molecule has 6 heteroatoms. The molecule has 0 atom stereocenters. The predicted molar refractivity (Wildman–Crippen MR) is 95.2 cm³/mol. The van der Waals surface area contributed by atoms with Gasteiger partial charge >= 0.3 is 6.03 Å². The number of phenolic OH excluding ortho intramolecular Hbond substituents is 1. The van der Waals surface area contributed by atoms with Crippen LogP contribution in [0.4, 0.5) is 4.79 Å². The Morgan fingerprint density at radius 3 is 1.60 bits per heavy atom. The van der Waals surface area contributed by atoms with E-state index in [1.54, 1.807) is 12.1 Å². The van der Waals surface area contributed by atoms with E-state index in [0.29, 0.717) is 5.56 Å². The summed E-state index contributed by atoms with van der Waals surface area (Å²) in [7, 11) is 0. The van der Waals surface area contributed by atoms with Gasteiger partial charge in [-0.1, -0.05) is 41.5 Å². The number of carbonyl (C=O) groups is 3. The maximum Gasteiger partial charge on any atom is 0.328 e. The molecule has 1 aromatic rings.